The first-order chi connectivity index (χ1) is 12.7. The molecule has 2 saturated heterocycles. The summed E-state index contributed by atoms with van der Waals surface area (Å²) in [4.78, 5) is 20.8. The molecule has 0 bridgehead atoms. The highest BCUT2D eigenvalue weighted by atomic mass is 79.9. The fourth-order valence-electron chi connectivity index (χ4n) is 3.80. The molecule has 0 saturated carbocycles. The highest BCUT2D eigenvalue weighted by Gasteiger charge is 2.28. The Morgan fingerprint density at radius 3 is 2.38 bits per heavy atom. The van der Waals surface area contributed by atoms with E-state index in [0.29, 0.717) is 18.9 Å². The molecule has 2 fully saturated rings. The molecular weight excluding hydrogens is 394 g/mol. The highest BCUT2D eigenvalue weighted by molar-refractivity contribution is 9.10. The fourth-order valence-corrected chi connectivity index (χ4v) is 4.06. The van der Waals surface area contributed by atoms with Crippen LogP contribution in [0, 0.1) is 0 Å². The molecule has 2 aromatic rings. The summed E-state index contributed by atoms with van der Waals surface area (Å²) in [6.07, 6.45) is 5.39. The monoisotopic (exact) mass is 417 g/mol. The number of nitrogens with zero attached hydrogens (tertiary/aromatic N) is 2. The second-order valence-electron chi connectivity index (χ2n) is 6.89. The first kappa shape index (κ1) is 17.6. The standard InChI is InChI=1S/C20H24BrN3O2/c21-16-6-4-15(5-7-16)17-14-22-18(19(17)23-10-12-26-13-11-23)20(25)24-8-2-1-3-9-24/h4-7,14,22H,1-3,8-13H2. The number of piperidine rings is 1. The molecule has 6 heteroatoms. The number of rotatable bonds is 3. The van der Waals surface area contributed by atoms with Crippen LogP contribution in [0.2, 0.25) is 0 Å². The van der Waals surface area contributed by atoms with Gasteiger partial charge in [0.25, 0.3) is 5.91 Å². The van der Waals surface area contributed by atoms with Crippen LogP contribution in [0.3, 0.4) is 0 Å². The first-order valence-corrected chi connectivity index (χ1v) is 10.1. The molecule has 1 aromatic carbocycles. The van der Waals surface area contributed by atoms with Gasteiger partial charge in [-0.25, -0.2) is 0 Å². The van der Waals surface area contributed by atoms with Crippen molar-refractivity contribution >= 4 is 27.5 Å². The van der Waals surface area contributed by atoms with Crippen molar-refractivity contribution in [1.29, 1.82) is 0 Å². The van der Waals surface area contributed by atoms with Crippen molar-refractivity contribution in [2.24, 2.45) is 0 Å². The molecular formula is C20H24BrN3O2. The topological polar surface area (TPSA) is 48.6 Å². The minimum atomic E-state index is 0.120. The van der Waals surface area contributed by atoms with Crippen LogP contribution in [0.4, 0.5) is 5.69 Å². The quantitative estimate of drug-likeness (QED) is 0.823. The molecule has 138 valence electrons. The molecule has 1 amide bonds. The van der Waals surface area contributed by atoms with Crippen molar-refractivity contribution in [2.75, 3.05) is 44.3 Å². The van der Waals surface area contributed by atoms with Gasteiger partial charge in [-0.1, -0.05) is 28.1 Å². The lowest BCUT2D eigenvalue weighted by Crippen LogP contribution is -2.40. The molecule has 1 aromatic heterocycles. The van der Waals surface area contributed by atoms with Gasteiger partial charge in [0.05, 0.1) is 18.9 Å². The number of halogens is 1. The lowest BCUT2D eigenvalue weighted by atomic mass is 10.0. The Bertz CT molecular complexity index is 760. The summed E-state index contributed by atoms with van der Waals surface area (Å²) >= 11 is 3.50. The van der Waals surface area contributed by atoms with Gasteiger partial charge in [0.15, 0.2) is 0 Å². The van der Waals surface area contributed by atoms with Crippen LogP contribution in [-0.2, 0) is 4.74 Å². The van der Waals surface area contributed by atoms with Crippen molar-refractivity contribution in [3.05, 3.63) is 40.6 Å². The third kappa shape index (κ3) is 3.53. The number of carbonyl (C=O) groups is 1. The van der Waals surface area contributed by atoms with Crippen LogP contribution in [0.15, 0.2) is 34.9 Å². The van der Waals surface area contributed by atoms with Crippen molar-refractivity contribution in [3.63, 3.8) is 0 Å². The summed E-state index contributed by atoms with van der Waals surface area (Å²) in [5.41, 5.74) is 3.93. The third-order valence-electron chi connectivity index (χ3n) is 5.19. The number of hydrogen-bond donors (Lipinski definition) is 1. The maximum atomic E-state index is 13.2. The molecule has 3 heterocycles. The number of benzene rings is 1. The molecule has 0 aliphatic carbocycles. The van der Waals surface area contributed by atoms with Gasteiger partial charge in [-0.3, -0.25) is 4.79 Å². The molecule has 26 heavy (non-hydrogen) atoms. The molecule has 2 aliphatic rings. The molecule has 0 spiro atoms. The van der Waals surface area contributed by atoms with Gasteiger partial charge < -0.3 is 19.5 Å². The van der Waals surface area contributed by atoms with Crippen molar-refractivity contribution in [1.82, 2.24) is 9.88 Å². The molecule has 5 nitrogen and oxygen atoms in total. The predicted octanol–water partition coefficient (Wildman–Crippen LogP) is 3.91. The van der Waals surface area contributed by atoms with Gasteiger partial charge >= 0.3 is 0 Å². The Kier molecular flexibility index (Phi) is 5.31. The van der Waals surface area contributed by atoms with Crippen LogP contribution in [0.1, 0.15) is 29.8 Å². The average Bonchev–Trinajstić information content (AvgIpc) is 3.14. The zero-order valence-electron chi connectivity index (χ0n) is 14.8. The SMILES string of the molecule is O=C(c1[nH]cc(-c2ccc(Br)cc2)c1N1CCOCC1)N1CCCCC1. The van der Waals surface area contributed by atoms with E-state index in [0.717, 1.165) is 60.3 Å². The zero-order chi connectivity index (χ0) is 17.9. The summed E-state index contributed by atoms with van der Waals surface area (Å²) in [6.45, 7) is 4.72. The van der Waals surface area contributed by atoms with Crippen LogP contribution in [0.25, 0.3) is 11.1 Å². The van der Waals surface area contributed by atoms with Crippen LogP contribution >= 0.6 is 15.9 Å². The van der Waals surface area contributed by atoms with E-state index in [1.165, 1.54) is 6.42 Å². The van der Waals surface area contributed by atoms with E-state index < -0.39 is 0 Å². The number of anilines is 1. The first-order valence-electron chi connectivity index (χ1n) is 9.33. The summed E-state index contributed by atoms with van der Waals surface area (Å²) in [7, 11) is 0. The Morgan fingerprint density at radius 2 is 1.69 bits per heavy atom. The van der Waals surface area contributed by atoms with Crippen LogP contribution < -0.4 is 4.90 Å². The number of hydrogen-bond acceptors (Lipinski definition) is 3. The number of likely N-dealkylation sites (tertiary alicyclic amines) is 1. The maximum absolute atomic E-state index is 13.2. The number of H-pyrrole nitrogens is 1. The Hall–Kier alpha value is -1.79. The number of amides is 1. The minimum Gasteiger partial charge on any atom is -0.378 e. The normalized spacial score (nSPS) is 18.2. The minimum absolute atomic E-state index is 0.120. The zero-order valence-corrected chi connectivity index (χ0v) is 16.4. The number of morpholine rings is 1. The van der Waals surface area contributed by atoms with E-state index in [1.807, 2.05) is 23.2 Å². The molecule has 1 N–H and O–H groups in total. The summed E-state index contributed by atoms with van der Waals surface area (Å²) in [5.74, 6) is 0.120. The summed E-state index contributed by atoms with van der Waals surface area (Å²) < 4.78 is 6.57. The van der Waals surface area contributed by atoms with Gasteiger partial charge in [-0.05, 0) is 37.0 Å². The van der Waals surface area contributed by atoms with E-state index in [-0.39, 0.29) is 5.91 Å². The number of aromatic amines is 1. The van der Waals surface area contributed by atoms with Gasteiger partial charge in [0, 0.05) is 42.4 Å². The number of ether oxygens (including phenoxy) is 1. The lowest BCUT2D eigenvalue weighted by Gasteiger charge is -2.32. The number of carbonyl (C=O) groups excluding carboxylic acids is 1. The average molecular weight is 418 g/mol. The maximum Gasteiger partial charge on any atom is 0.272 e. The Labute approximate surface area is 162 Å². The Balaban J connectivity index is 1.73. The predicted molar refractivity (Wildman–Crippen MR) is 107 cm³/mol. The van der Waals surface area contributed by atoms with Crippen LogP contribution in [0.5, 0.6) is 0 Å². The van der Waals surface area contributed by atoms with E-state index >= 15 is 0 Å². The van der Waals surface area contributed by atoms with Gasteiger partial charge in [0.2, 0.25) is 0 Å². The summed E-state index contributed by atoms with van der Waals surface area (Å²) in [6, 6.07) is 8.26. The third-order valence-corrected chi connectivity index (χ3v) is 5.72. The van der Waals surface area contributed by atoms with E-state index in [4.69, 9.17) is 4.74 Å². The van der Waals surface area contributed by atoms with Gasteiger partial charge in [-0.15, -0.1) is 0 Å². The van der Waals surface area contributed by atoms with Crippen molar-refractivity contribution < 1.29 is 9.53 Å². The summed E-state index contributed by atoms with van der Waals surface area (Å²) in [5, 5.41) is 0. The van der Waals surface area contributed by atoms with Gasteiger partial charge in [0.1, 0.15) is 5.69 Å². The largest absolute Gasteiger partial charge is 0.378 e. The number of aromatic nitrogens is 1. The molecule has 0 radical (unpaired) electrons. The van der Waals surface area contributed by atoms with E-state index in [9.17, 15) is 4.79 Å². The van der Waals surface area contributed by atoms with E-state index in [1.54, 1.807) is 0 Å². The van der Waals surface area contributed by atoms with Crippen molar-refractivity contribution in [3.8, 4) is 11.1 Å². The molecule has 0 unspecified atom stereocenters. The highest BCUT2D eigenvalue weighted by Crippen LogP contribution is 2.36. The smallest absolute Gasteiger partial charge is 0.272 e. The second-order valence-corrected chi connectivity index (χ2v) is 7.80. The molecule has 4 rings (SSSR count). The van der Waals surface area contributed by atoms with Crippen LogP contribution in [-0.4, -0.2) is 55.2 Å². The number of nitrogens with one attached hydrogen (secondary N) is 1. The molecule has 0 atom stereocenters. The Morgan fingerprint density at radius 1 is 1.00 bits per heavy atom. The second kappa shape index (κ2) is 7.84. The van der Waals surface area contributed by atoms with E-state index in [2.05, 4.69) is 37.9 Å². The van der Waals surface area contributed by atoms with Crippen molar-refractivity contribution in [2.45, 2.75) is 19.3 Å². The fraction of sp³-hybridized carbons (Fsp3) is 0.450. The molecule has 2 aliphatic heterocycles. The van der Waals surface area contributed by atoms with Gasteiger partial charge in [-0.2, -0.15) is 0 Å². The lowest BCUT2D eigenvalue weighted by molar-refractivity contribution is 0.0718.